The number of likely N-dealkylation sites (N-methyl/N-ethyl adjacent to an activating group) is 1. The Bertz CT molecular complexity index is 1270. The van der Waals surface area contributed by atoms with Gasteiger partial charge in [0.1, 0.15) is 16.2 Å². The minimum atomic E-state index is -0.716. The lowest BCUT2D eigenvalue weighted by Gasteiger charge is -2.36. The molecule has 9 nitrogen and oxygen atoms in total. The van der Waals surface area contributed by atoms with Crippen molar-refractivity contribution in [3.8, 4) is 11.5 Å². The fourth-order valence-electron chi connectivity index (χ4n) is 6.28. The average Bonchev–Trinajstić information content (AvgIpc) is 3.63. The van der Waals surface area contributed by atoms with Crippen LogP contribution in [0.4, 0.5) is 0 Å². The van der Waals surface area contributed by atoms with E-state index in [1.165, 1.54) is 6.42 Å². The number of hydrogen-bond donors (Lipinski definition) is 0. The molecule has 1 saturated carbocycles. The molecule has 3 aliphatic rings. The summed E-state index contributed by atoms with van der Waals surface area (Å²) in [7, 11) is 0. The summed E-state index contributed by atoms with van der Waals surface area (Å²) >= 11 is 1.57. The van der Waals surface area contributed by atoms with Crippen molar-refractivity contribution in [3.05, 3.63) is 17.5 Å². The van der Waals surface area contributed by atoms with Crippen LogP contribution in [-0.2, 0) is 21.6 Å². The van der Waals surface area contributed by atoms with Crippen molar-refractivity contribution < 1.29 is 14.1 Å². The van der Waals surface area contributed by atoms with Crippen LogP contribution in [0.3, 0.4) is 0 Å². The number of carbonyl (C=O) groups excluding carboxylic acids is 1. The highest BCUT2D eigenvalue weighted by Gasteiger charge is 2.49. The van der Waals surface area contributed by atoms with Gasteiger partial charge in [-0.3, -0.25) is 9.69 Å². The summed E-state index contributed by atoms with van der Waals surface area (Å²) < 4.78 is 13.9. The molecule has 2 aliphatic heterocycles. The maximum atomic E-state index is 13.0. The molecule has 0 radical (unpaired) electrons. The number of hydrogen-bond acceptors (Lipinski definition) is 9. The fraction of sp³-hybridized carbons (Fsp3) is 0.640. The molecule has 1 aliphatic carbocycles. The largest absolute Gasteiger partial charge is 0.375 e. The first-order valence-electron chi connectivity index (χ1n) is 12.7. The number of thioether (sulfide) groups is 1. The van der Waals surface area contributed by atoms with Gasteiger partial charge in [-0.25, -0.2) is 14.6 Å². The molecule has 1 saturated heterocycles. The molecule has 1 spiro atoms. The summed E-state index contributed by atoms with van der Waals surface area (Å²) in [6, 6.07) is 0.620. The minimum Gasteiger partial charge on any atom is -0.375 e. The van der Waals surface area contributed by atoms with Gasteiger partial charge in [0.2, 0.25) is 0 Å². The third-order valence-corrected chi connectivity index (χ3v) is 8.89. The highest BCUT2D eigenvalue weighted by atomic mass is 32.2. The Morgan fingerprint density at radius 3 is 2.97 bits per heavy atom. The molecule has 1 unspecified atom stereocenters. The molecule has 10 heteroatoms. The summed E-state index contributed by atoms with van der Waals surface area (Å²) in [4.78, 5) is 25.4. The van der Waals surface area contributed by atoms with E-state index >= 15 is 0 Å². The van der Waals surface area contributed by atoms with E-state index in [9.17, 15) is 4.79 Å². The Labute approximate surface area is 209 Å². The van der Waals surface area contributed by atoms with Crippen LogP contribution in [-0.4, -0.2) is 67.6 Å². The van der Waals surface area contributed by atoms with Crippen LogP contribution in [0.15, 0.2) is 15.7 Å². The van der Waals surface area contributed by atoms with Crippen molar-refractivity contribution in [1.29, 1.82) is 0 Å². The van der Waals surface area contributed by atoms with Gasteiger partial charge in [0, 0.05) is 12.5 Å². The van der Waals surface area contributed by atoms with Crippen molar-refractivity contribution in [1.82, 2.24) is 29.8 Å². The molecule has 5 heterocycles. The summed E-state index contributed by atoms with van der Waals surface area (Å²) in [6.07, 6.45) is 9.47. The Hall–Kier alpha value is -2.30. The first-order valence-corrected chi connectivity index (χ1v) is 13.9. The zero-order chi connectivity index (χ0) is 24.2. The van der Waals surface area contributed by atoms with Gasteiger partial charge in [0.15, 0.2) is 22.9 Å². The molecule has 3 aromatic rings. The number of aromatic nitrogens is 5. The van der Waals surface area contributed by atoms with Gasteiger partial charge in [-0.05, 0) is 52.0 Å². The predicted molar refractivity (Wildman–Crippen MR) is 132 cm³/mol. The first kappa shape index (κ1) is 23.1. The molecule has 0 N–H and O–H groups in total. The molecular formula is C25H32N6O3S. The molecule has 6 rings (SSSR count). The molecule has 2 fully saturated rings. The maximum absolute atomic E-state index is 13.0. The van der Waals surface area contributed by atoms with E-state index in [-0.39, 0.29) is 11.8 Å². The normalized spacial score (nSPS) is 26.0. The van der Waals surface area contributed by atoms with E-state index in [4.69, 9.17) is 24.3 Å². The Kier molecular flexibility index (Phi) is 5.93. The molecule has 3 aromatic heterocycles. The quantitative estimate of drug-likeness (QED) is 0.381. The molecule has 0 bridgehead atoms. The number of Topliss-reactive ketones (excluding diaryl/α,β-unsaturated/α-hetero) is 1. The highest BCUT2D eigenvalue weighted by Crippen LogP contribution is 2.44. The molecule has 186 valence electrons. The molecule has 3 atom stereocenters. The van der Waals surface area contributed by atoms with Crippen LogP contribution in [0, 0.1) is 0 Å². The fourth-order valence-corrected chi connectivity index (χ4v) is 6.83. The number of rotatable bonds is 5. The van der Waals surface area contributed by atoms with Gasteiger partial charge in [0.05, 0.1) is 36.4 Å². The zero-order valence-electron chi connectivity index (χ0n) is 20.6. The number of carbonyl (C=O) groups is 1. The van der Waals surface area contributed by atoms with Crippen molar-refractivity contribution in [2.45, 2.75) is 81.5 Å². The number of ketones is 1. The molecule has 0 amide bonds. The highest BCUT2D eigenvalue weighted by molar-refractivity contribution is 7.98. The number of likely N-dealkylation sites (tertiary alicyclic amines) is 1. The van der Waals surface area contributed by atoms with Crippen LogP contribution in [0.25, 0.3) is 22.6 Å². The van der Waals surface area contributed by atoms with Crippen molar-refractivity contribution in [2.75, 3.05) is 26.0 Å². The Morgan fingerprint density at radius 2 is 2.17 bits per heavy atom. The summed E-state index contributed by atoms with van der Waals surface area (Å²) in [5.41, 5.74) is 1.48. The Morgan fingerprint density at radius 1 is 1.29 bits per heavy atom. The minimum absolute atomic E-state index is 0.185. The second-order valence-corrected chi connectivity index (χ2v) is 10.8. The standard InChI is InChI=1S/C25H32N6O3S/c1-4-30-11-7-8-18(30)15(2)31-23-16(12-26-31)24(35-3)28-22(27-23)20-17-13-33-14-25(21(17)34-29-20)10-6-5-9-19(25)32/h12,15,18H,4-11,13-14H2,1-3H3/t15-,18-,25?/m0/s1. The monoisotopic (exact) mass is 496 g/mol. The average molecular weight is 497 g/mol. The van der Waals surface area contributed by atoms with Gasteiger partial charge in [-0.2, -0.15) is 5.10 Å². The van der Waals surface area contributed by atoms with E-state index in [2.05, 4.69) is 23.9 Å². The zero-order valence-corrected chi connectivity index (χ0v) is 21.4. The lowest BCUT2D eigenvalue weighted by Crippen LogP contribution is -2.45. The van der Waals surface area contributed by atoms with E-state index in [1.807, 2.05) is 17.1 Å². The van der Waals surface area contributed by atoms with Crippen LogP contribution >= 0.6 is 11.8 Å². The van der Waals surface area contributed by atoms with E-state index in [1.54, 1.807) is 11.8 Å². The smallest absolute Gasteiger partial charge is 0.185 e. The topological polar surface area (TPSA) is 99.2 Å². The van der Waals surface area contributed by atoms with Crippen molar-refractivity contribution >= 4 is 28.6 Å². The van der Waals surface area contributed by atoms with Crippen LogP contribution in [0.1, 0.15) is 69.7 Å². The lowest BCUT2D eigenvalue weighted by molar-refractivity contribution is -0.132. The van der Waals surface area contributed by atoms with E-state index < -0.39 is 5.41 Å². The van der Waals surface area contributed by atoms with E-state index in [0.717, 1.165) is 60.4 Å². The third-order valence-electron chi connectivity index (χ3n) is 8.20. The summed E-state index contributed by atoms with van der Waals surface area (Å²) in [5.74, 6) is 1.35. The second-order valence-electron chi connectivity index (χ2n) is 10.0. The number of nitrogens with zero attached hydrogens (tertiary/aromatic N) is 6. The third kappa shape index (κ3) is 3.55. The number of fused-ring (bicyclic) bond motifs is 3. The van der Waals surface area contributed by atoms with Gasteiger partial charge < -0.3 is 9.26 Å². The van der Waals surface area contributed by atoms with E-state index in [0.29, 0.717) is 43.0 Å². The molecular weight excluding hydrogens is 464 g/mol. The van der Waals surface area contributed by atoms with Crippen molar-refractivity contribution in [3.63, 3.8) is 0 Å². The van der Waals surface area contributed by atoms with Crippen LogP contribution in [0.5, 0.6) is 0 Å². The number of ether oxygens (including phenoxy) is 1. The SMILES string of the molecule is CCN1CCC[C@H]1[C@H](C)n1ncc2c(SC)nc(-c3noc4c3COCC43CCCCC3=O)nc21. The van der Waals surface area contributed by atoms with Gasteiger partial charge in [-0.15, -0.1) is 11.8 Å². The molecule has 35 heavy (non-hydrogen) atoms. The Balaban J connectivity index is 1.45. The van der Waals surface area contributed by atoms with Crippen molar-refractivity contribution in [2.24, 2.45) is 0 Å². The van der Waals surface area contributed by atoms with Gasteiger partial charge >= 0.3 is 0 Å². The maximum Gasteiger partial charge on any atom is 0.185 e. The van der Waals surface area contributed by atoms with Crippen LogP contribution in [0.2, 0.25) is 0 Å². The van der Waals surface area contributed by atoms with Crippen LogP contribution < -0.4 is 0 Å². The summed E-state index contributed by atoms with van der Waals surface area (Å²) in [6.45, 7) is 7.34. The predicted octanol–water partition coefficient (Wildman–Crippen LogP) is 4.16. The van der Waals surface area contributed by atoms with Gasteiger partial charge in [-0.1, -0.05) is 18.5 Å². The van der Waals surface area contributed by atoms with Gasteiger partial charge in [0.25, 0.3) is 0 Å². The first-order chi connectivity index (χ1) is 17.1. The second kappa shape index (κ2) is 8.97. The lowest BCUT2D eigenvalue weighted by atomic mass is 9.70. The summed E-state index contributed by atoms with van der Waals surface area (Å²) in [5, 5.41) is 11.0. The molecule has 0 aromatic carbocycles.